The Morgan fingerprint density at radius 3 is 2.08 bits per heavy atom. The highest BCUT2D eigenvalue weighted by atomic mass is 16.5. The second-order valence-corrected chi connectivity index (χ2v) is 3.56. The lowest BCUT2D eigenvalue weighted by molar-refractivity contribution is 0.144. The lowest BCUT2D eigenvalue weighted by atomic mass is 10.2. The largest absolute Gasteiger partial charge is 0.381 e. The van der Waals surface area contributed by atoms with Gasteiger partial charge in [-0.1, -0.05) is 12.8 Å². The van der Waals surface area contributed by atoms with Crippen molar-refractivity contribution in [2.75, 3.05) is 26.8 Å². The molecule has 0 aromatic heterocycles. The van der Waals surface area contributed by atoms with Crippen LogP contribution >= 0.6 is 0 Å². The summed E-state index contributed by atoms with van der Waals surface area (Å²) >= 11 is 0. The summed E-state index contributed by atoms with van der Waals surface area (Å²) in [5, 5.41) is 2.94. The highest BCUT2D eigenvalue weighted by Gasteiger charge is 1.95. The maximum absolute atomic E-state index is 5.34. The van der Waals surface area contributed by atoms with Gasteiger partial charge < -0.3 is 15.8 Å². The molecular formula is C10H24N2O. The Morgan fingerprint density at radius 1 is 1.23 bits per heavy atom. The first-order valence-electron chi connectivity index (χ1n) is 5.25. The molecule has 3 nitrogen and oxygen atoms in total. The zero-order valence-corrected chi connectivity index (χ0v) is 9.01. The van der Waals surface area contributed by atoms with Crippen LogP contribution in [-0.2, 0) is 4.74 Å². The molecule has 0 saturated carbocycles. The van der Waals surface area contributed by atoms with Crippen molar-refractivity contribution >= 4 is 0 Å². The molecule has 0 radical (unpaired) electrons. The number of likely N-dealkylation sites (N-methyl/N-ethyl adjacent to an activating group) is 1. The first kappa shape index (κ1) is 12.9. The lowest BCUT2D eigenvalue weighted by Crippen LogP contribution is -2.28. The minimum atomic E-state index is 0.287. The van der Waals surface area contributed by atoms with E-state index in [1.165, 1.54) is 25.7 Å². The standard InChI is InChI=1S/C6H12O.C4H12N2/c1-2-4-6-7-5-3-1;1-4(5)3-6-2/h1-6H2;4,6H,3,5H2,1-2H3. The average molecular weight is 188 g/mol. The molecule has 0 spiro atoms. The number of nitrogens with two attached hydrogens (primary N) is 1. The van der Waals surface area contributed by atoms with Gasteiger partial charge in [0.25, 0.3) is 0 Å². The van der Waals surface area contributed by atoms with Gasteiger partial charge in [0, 0.05) is 25.8 Å². The van der Waals surface area contributed by atoms with Crippen molar-refractivity contribution in [1.29, 1.82) is 0 Å². The van der Waals surface area contributed by atoms with Gasteiger partial charge in [0.2, 0.25) is 0 Å². The zero-order valence-electron chi connectivity index (χ0n) is 9.01. The molecule has 1 unspecified atom stereocenters. The van der Waals surface area contributed by atoms with Crippen molar-refractivity contribution in [3.05, 3.63) is 0 Å². The summed E-state index contributed by atoms with van der Waals surface area (Å²) in [5.74, 6) is 0. The fourth-order valence-corrected chi connectivity index (χ4v) is 1.19. The third-order valence-corrected chi connectivity index (χ3v) is 1.85. The summed E-state index contributed by atoms with van der Waals surface area (Å²) in [6.45, 7) is 4.87. The first-order chi connectivity index (χ1) is 6.27. The number of hydrogen-bond acceptors (Lipinski definition) is 3. The van der Waals surface area contributed by atoms with Gasteiger partial charge in [-0.15, -0.1) is 0 Å². The van der Waals surface area contributed by atoms with Crippen LogP contribution in [0.5, 0.6) is 0 Å². The number of hydrogen-bond donors (Lipinski definition) is 2. The minimum Gasteiger partial charge on any atom is -0.381 e. The second kappa shape index (κ2) is 9.96. The molecule has 13 heavy (non-hydrogen) atoms. The zero-order chi connectivity index (χ0) is 9.94. The monoisotopic (exact) mass is 188 g/mol. The Kier molecular flexibility index (Phi) is 9.87. The SMILES string of the molecule is C1CCCOCC1.CNCC(C)N. The molecule has 3 heteroatoms. The Balaban J connectivity index is 0.000000226. The van der Waals surface area contributed by atoms with E-state index < -0.39 is 0 Å². The molecule has 1 aliphatic heterocycles. The fourth-order valence-electron chi connectivity index (χ4n) is 1.19. The number of ether oxygens (including phenoxy) is 1. The third-order valence-electron chi connectivity index (χ3n) is 1.85. The van der Waals surface area contributed by atoms with Gasteiger partial charge in [0.1, 0.15) is 0 Å². The summed E-state index contributed by atoms with van der Waals surface area (Å²) in [4.78, 5) is 0. The van der Waals surface area contributed by atoms with E-state index in [1.54, 1.807) is 0 Å². The van der Waals surface area contributed by atoms with E-state index in [2.05, 4.69) is 5.32 Å². The van der Waals surface area contributed by atoms with Crippen LogP contribution in [0.25, 0.3) is 0 Å². The van der Waals surface area contributed by atoms with Crippen molar-refractivity contribution in [2.45, 2.75) is 38.6 Å². The van der Waals surface area contributed by atoms with Gasteiger partial charge in [-0.05, 0) is 26.8 Å². The number of nitrogens with one attached hydrogen (secondary N) is 1. The van der Waals surface area contributed by atoms with E-state index in [9.17, 15) is 0 Å². The highest BCUT2D eigenvalue weighted by Crippen LogP contribution is 2.04. The van der Waals surface area contributed by atoms with Gasteiger partial charge in [0.15, 0.2) is 0 Å². The fraction of sp³-hybridized carbons (Fsp3) is 1.00. The third kappa shape index (κ3) is 11.9. The maximum Gasteiger partial charge on any atom is 0.0466 e. The van der Waals surface area contributed by atoms with Gasteiger partial charge in [0.05, 0.1) is 0 Å². The normalized spacial score (nSPS) is 19.6. The van der Waals surface area contributed by atoms with Crippen LogP contribution in [0.3, 0.4) is 0 Å². The molecule has 3 N–H and O–H groups in total. The van der Waals surface area contributed by atoms with E-state index in [0.29, 0.717) is 0 Å². The van der Waals surface area contributed by atoms with Crippen molar-refractivity contribution in [3.63, 3.8) is 0 Å². The highest BCUT2D eigenvalue weighted by molar-refractivity contribution is 4.51. The van der Waals surface area contributed by atoms with E-state index in [0.717, 1.165) is 19.8 Å². The van der Waals surface area contributed by atoms with Crippen molar-refractivity contribution in [2.24, 2.45) is 5.73 Å². The molecule has 0 aliphatic carbocycles. The second-order valence-electron chi connectivity index (χ2n) is 3.56. The van der Waals surface area contributed by atoms with E-state index >= 15 is 0 Å². The van der Waals surface area contributed by atoms with Gasteiger partial charge in [-0.3, -0.25) is 0 Å². The predicted molar refractivity (Wildman–Crippen MR) is 56.9 cm³/mol. The van der Waals surface area contributed by atoms with Gasteiger partial charge in [-0.25, -0.2) is 0 Å². The van der Waals surface area contributed by atoms with Gasteiger partial charge in [-0.2, -0.15) is 0 Å². The quantitative estimate of drug-likeness (QED) is 0.683. The molecule has 1 aliphatic rings. The molecular weight excluding hydrogens is 164 g/mol. The summed E-state index contributed by atoms with van der Waals surface area (Å²) in [5.41, 5.74) is 5.34. The minimum absolute atomic E-state index is 0.287. The van der Waals surface area contributed by atoms with E-state index in [-0.39, 0.29) is 6.04 Å². The van der Waals surface area contributed by atoms with E-state index in [1.807, 2.05) is 14.0 Å². The van der Waals surface area contributed by atoms with Crippen LogP contribution in [-0.4, -0.2) is 32.8 Å². The first-order valence-corrected chi connectivity index (χ1v) is 5.25. The van der Waals surface area contributed by atoms with Crippen LogP contribution in [0.4, 0.5) is 0 Å². The Labute approximate surface area is 82.0 Å². The Morgan fingerprint density at radius 2 is 1.77 bits per heavy atom. The molecule has 0 aromatic rings. The molecule has 0 aromatic carbocycles. The van der Waals surface area contributed by atoms with Crippen molar-refractivity contribution in [3.8, 4) is 0 Å². The van der Waals surface area contributed by atoms with Gasteiger partial charge >= 0.3 is 0 Å². The summed E-state index contributed by atoms with van der Waals surface area (Å²) < 4.78 is 5.19. The van der Waals surface area contributed by atoms with Crippen LogP contribution < -0.4 is 11.1 Å². The Hall–Kier alpha value is -0.120. The topological polar surface area (TPSA) is 47.3 Å². The predicted octanol–water partition coefficient (Wildman–Crippen LogP) is 1.13. The summed E-state index contributed by atoms with van der Waals surface area (Å²) in [7, 11) is 1.89. The van der Waals surface area contributed by atoms with Crippen LogP contribution in [0.2, 0.25) is 0 Å². The molecule has 1 fully saturated rings. The molecule has 1 rings (SSSR count). The van der Waals surface area contributed by atoms with Crippen molar-refractivity contribution < 1.29 is 4.74 Å². The molecule has 80 valence electrons. The molecule has 0 bridgehead atoms. The Bertz CT molecular complexity index is 77.3. The summed E-state index contributed by atoms with van der Waals surface area (Å²) in [6, 6.07) is 0.287. The summed E-state index contributed by atoms with van der Waals surface area (Å²) in [6.07, 6.45) is 5.31. The van der Waals surface area contributed by atoms with Crippen LogP contribution in [0, 0.1) is 0 Å². The molecule has 0 amide bonds. The smallest absolute Gasteiger partial charge is 0.0466 e. The van der Waals surface area contributed by atoms with Crippen LogP contribution in [0.15, 0.2) is 0 Å². The van der Waals surface area contributed by atoms with E-state index in [4.69, 9.17) is 10.5 Å². The molecule has 1 atom stereocenters. The maximum atomic E-state index is 5.34. The molecule has 1 heterocycles. The van der Waals surface area contributed by atoms with Crippen LogP contribution in [0.1, 0.15) is 32.6 Å². The number of rotatable bonds is 2. The molecule has 1 saturated heterocycles. The van der Waals surface area contributed by atoms with Crippen molar-refractivity contribution in [1.82, 2.24) is 5.32 Å². The average Bonchev–Trinajstić information content (AvgIpc) is 2.35. The lowest BCUT2D eigenvalue weighted by Gasteiger charge is -1.99.